The van der Waals surface area contributed by atoms with E-state index in [9.17, 15) is 24.4 Å². The highest BCUT2D eigenvalue weighted by atomic mass is 35.5. The molecular weight excluding hydrogens is 492 g/mol. The number of nitrogens with zero attached hydrogens (tertiary/aromatic N) is 1. The zero-order valence-electron chi connectivity index (χ0n) is 18.8. The van der Waals surface area contributed by atoms with E-state index in [4.69, 9.17) is 16.3 Å². The first-order chi connectivity index (χ1) is 16.7. The molecule has 35 heavy (non-hydrogen) atoms. The monoisotopic (exact) mass is 512 g/mol. The molecule has 0 bridgehead atoms. The van der Waals surface area contributed by atoms with Gasteiger partial charge in [0.15, 0.2) is 0 Å². The standard InChI is InChI=1S/C24H21ClN4O5S/c1-13(30)27-16-7-9-17(10-8-16)28-19(31)12-35-23-18(11-26)20(14-3-5-15(25)6-4-14)21(22(32)29-23)24(33)34-2/h3-10,20-21H,12H2,1-2H3,(H,27,30)(H,28,31)(H,29,32). The van der Waals surface area contributed by atoms with Crippen molar-refractivity contribution in [3.05, 3.63) is 69.7 Å². The molecule has 0 aliphatic carbocycles. The van der Waals surface area contributed by atoms with Crippen molar-refractivity contribution in [1.29, 1.82) is 5.26 Å². The number of allylic oxidation sites excluding steroid dienone is 1. The largest absolute Gasteiger partial charge is 0.468 e. The van der Waals surface area contributed by atoms with Crippen molar-refractivity contribution in [3.8, 4) is 6.07 Å². The Hall–Kier alpha value is -3.81. The molecule has 180 valence electrons. The van der Waals surface area contributed by atoms with E-state index >= 15 is 0 Å². The molecule has 0 aromatic heterocycles. The fourth-order valence-electron chi connectivity index (χ4n) is 3.52. The van der Waals surface area contributed by atoms with Gasteiger partial charge in [-0.1, -0.05) is 35.5 Å². The highest BCUT2D eigenvalue weighted by Crippen LogP contribution is 2.40. The maximum absolute atomic E-state index is 12.8. The number of methoxy groups -OCH3 is 1. The molecule has 0 spiro atoms. The first-order valence-corrected chi connectivity index (χ1v) is 11.7. The first-order valence-electron chi connectivity index (χ1n) is 10.3. The Morgan fingerprint density at radius 1 is 1.09 bits per heavy atom. The fraction of sp³-hybridized carbons (Fsp3) is 0.208. The van der Waals surface area contributed by atoms with Crippen molar-refractivity contribution < 1.29 is 23.9 Å². The van der Waals surface area contributed by atoms with Gasteiger partial charge in [0, 0.05) is 29.2 Å². The zero-order valence-corrected chi connectivity index (χ0v) is 20.3. The number of ether oxygens (including phenoxy) is 1. The van der Waals surface area contributed by atoms with Gasteiger partial charge < -0.3 is 20.7 Å². The molecule has 2 atom stereocenters. The highest BCUT2D eigenvalue weighted by Gasteiger charge is 2.44. The number of anilines is 2. The zero-order chi connectivity index (χ0) is 25.5. The van der Waals surface area contributed by atoms with Gasteiger partial charge in [0.1, 0.15) is 5.92 Å². The molecule has 3 amide bonds. The van der Waals surface area contributed by atoms with Crippen molar-refractivity contribution in [2.45, 2.75) is 12.8 Å². The second-order valence-corrected chi connectivity index (χ2v) is 8.89. The molecule has 11 heteroatoms. The Morgan fingerprint density at radius 3 is 2.23 bits per heavy atom. The predicted octanol–water partition coefficient (Wildman–Crippen LogP) is 3.41. The summed E-state index contributed by atoms with van der Waals surface area (Å²) in [6.07, 6.45) is 0. The molecule has 2 aromatic rings. The van der Waals surface area contributed by atoms with E-state index < -0.39 is 23.7 Å². The lowest BCUT2D eigenvalue weighted by molar-refractivity contribution is -0.150. The summed E-state index contributed by atoms with van der Waals surface area (Å²) < 4.78 is 4.81. The predicted molar refractivity (Wildman–Crippen MR) is 132 cm³/mol. The molecular formula is C24H21ClN4O5S. The maximum atomic E-state index is 12.8. The summed E-state index contributed by atoms with van der Waals surface area (Å²) in [5.41, 5.74) is 1.78. The Labute approximate surface area is 210 Å². The number of hydrogen-bond acceptors (Lipinski definition) is 7. The van der Waals surface area contributed by atoms with Crippen molar-refractivity contribution in [3.63, 3.8) is 0 Å². The summed E-state index contributed by atoms with van der Waals surface area (Å²) in [5, 5.41) is 18.5. The van der Waals surface area contributed by atoms with Gasteiger partial charge in [-0.15, -0.1) is 0 Å². The quantitative estimate of drug-likeness (QED) is 0.382. The molecule has 1 aliphatic rings. The van der Waals surface area contributed by atoms with Gasteiger partial charge in [-0.25, -0.2) is 0 Å². The molecule has 0 radical (unpaired) electrons. The summed E-state index contributed by atoms with van der Waals surface area (Å²) in [6, 6.07) is 15.1. The van der Waals surface area contributed by atoms with Crippen LogP contribution in [0.4, 0.5) is 11.4 Å². The van der Waals surface area contributed by atoms with E-state index in [0.717, 1.165) is 11.8 Å². The van der Waals surface area contributed by atoms with E-state index in [-0.39, 0.29) is 28.2 Å². The number of rotatable bonds is 7. The van der Waals surface area contributed by atoms with Crippen LogP contribution in [0.15, 0.2) is 59.1 Å². The van der Waals surface area contributed by atoms with Crippen LogP contribution in [-0.2, 0) is 23.9 Å². The van der Waals surface area contributed by atoms with Crippen molar-refractivity contribution in [2.75, 3.05) is 23.5 Å². The van der Waals surface area contributed by atoms with Crippen LogP contribution in [0.1, 0.15) is 18.4 Å². The number of amides is 3. The molecule has 3 N–H and O–H groups in total. The van der Waals surface area contributed by atoms with Crippen LogP contribution < -0.4 is 16.0 Å². The van der Waals surface area contributed by atoms with E-state index in [1.807, 2.05) is 0 Å². The van der Waals surface area contributed by atoms with Crippen LogP contribution >= 0.6 is 23.4 Å². The summed E-state index contributed by atoms with van der Waals surface area (Å²) in [4.78, 5) is 48.9. The molecule has 2 aromatic carbocycles. The minimum atomic E-state index is -1.27. The van der Waals surface area contributed by atoms with Crippen LogP contribution in [0.3, 0.4) is 0 Å². The van der Waals surface area contributed by atoms with Gasteiger partial charge in [-0.2, -0.15) is 5.26 Å². The molecule has 0 saturated carbocycles. The molecule has 3 rings (SSSR count). The van der Waals surface area contributed by atoms with E-state index in [1.165, 1.54) is 14.0 Å². The number of nitriles is 1. The van der Waals surface area contributed by atoms with Crippen LogP contribution in [0.2, 0.25) is 5.02 Å². The van der Waals surface area contributed by atoms with E-state index in [2.05, 4.69) is 22.0 Å². The Bertz CT molecular complexity index is 1220. The number of benzene rings is 2. The third kappa shape index (κ3) is 6.41. The van der Waals surface area contributed by atoms with Gasteiger partial charge in [-0.05, 0) is 42.0 Å². The SMILES string of the molecule is COC(=O)C1C(=O)NC(SCC(=O)Nc2ccc(NC(C)=O)cc2)=C(C#N)C1c1ccc(Cl)cc1. The van der Waals surface area contributed by atoms with Crippen molar-refractivity contribution >= 4 is 58.4 Å². The fourth-order valence-corrected chi connectivity index (χ4v) is 4.50. The van der Waals surface area contributed by atoms with Gasteiger partial charge >= 0.3 is 5.97 Å². The lowest BCUT2D eigenvalue weighted by Crippen LogP contribution is -2.44. The number of thioether (sulfide) groups is 1. The second kappa shape index (κ2) is 11.6. The summed E-state index contributed by atoms with van der Waals surface area (Å²) in [6.45, 7) is 1.39. The summed E-state index contributed by atoms with van der Waals surface area (Å²) >= 11 is 6.94. The van der Waals surface area contributed by atoms with Crippen molar-refractivity contribution in [2.24, 2.45) is 5.92 Å². The average molecular weight is 513 g/mol. The number of hydrogen-bond donors (Lipinski definition) is 3. The second-order valence-electron chi connectivity index (χ2n) is 7.47. The average Bonchev–Trinajstić information content (AvgIpc) is 2.83. The van der Waals surface area contributed by atoms with E-state index in [0.29, 0.717) is 22.0 Å². The molecule has 0 saturated heterocycles. The summed E-state index contributed by atoms with van der Waals surface area (Å²) in [5.74, 6) is -4.27. The molecule has 1 aliphatic heterocycles. The van der Waals surface area contributed by atoms with Crippen LogP contribution in [0.25, 0.3) is 0 Å². The molecule has 2 unspecified atom stereocenters. The van der Waals surface area contributed by atoms with Gasteiger partial charge in [0.2, 0.25) is 17.7 Å². The minimum Gasteiger partial charge on any atom is -0.468 e. The number of nitrogens with one attached hydrogen (secondary N) is 3. The Morgan fingerprint density at radius 2 is 1.69 bits per heavy atom. The minimum absolute atomic E-state index is 0.107. The first kappa shape index (κ1) is 25.8. The van der Waals surface area contributed by atoms with Crippen LogP contribution in [-0.4, -0.2) is 36.6 Å². The Balaban J connectivity index is 1.80. The lowest BCUT2D eigenvalue weighted by atomic mass is 9.78. The number of esters is 1. The van der Waals surface area contributed by atoms with Crippen LogP contribution in [0, 0.1) is 17.2 Å². The van der Waals surface area contributed by atoms with Crippen LogP contribution in [0.5, 0.6) is 0 Å². The molecule has 1 heterocycles. The molecule has 0 fully saturated rings. The van der Waals surface area contributed by atoms with Gasteiger partial charge in [0.05, 0.1) is 29.5 Å². The highest BCUT2D eigenvalue weighted by molar-refractivity contribution is 8.03. The van der Waals surface area contributed by atoms with E-state index in [1.54, 1.807) is 48.5 Å². The topological polar surface area (TPSA) is 137 Å². The van der Waals surface area contributed by atoms with Gasteiger partial charge in [0.25, 0.3) is 0 Å². The Kier molecular flexibility index (Phi) is 8.52. The number of carbonyl (C=O) groups excluding carboxylic acids is 4. The third-order valence-corrected chi connectivity index (χ3v) is 6.32. The lowest BCUT2D eigenvalue weighted by Gasteiger charge is -2.30. The maximum Gasteiger partial charge on any atom is 0.319 e. The normalized spacial score (nSPS) is 17.1. The molecule has 9 nitrogen and oxygen atoms in total. The smallest absolute Gasteiger partial charge is 0.319 e. The third-order valence-electron chi connectivity index (χ3n) is 5.05. The number of carbonyl (C=O) groups is 4. The van der Waals surface area contributed by atoms with Crippen molar-refractivity contribution in [1.82, 2.24) is 5.32 Å². The van der Waals surface area contributed by atoms with Gasteiger partial charge in [-0.3, -0.25) is 19.2 Å². The number of halogens is 1. The summed E-state index contributed by atoms with van der Waals surface area (Å²) in [7, 11) is 1.17.